The van der Waals surface area contributed by atoms with Gasteiger partial charge in [0.15, 0.2) is 0 Å². The maximum Gasteiger partial charge on any atom is 0.323 e. The second kappa shape index (κ2) is 12.1. The van der Waals surface area contributed by atoms with E-state index in [9.17, 15) is 24.6 Å². The van der Waals surface area contributed by atoms with E-state index >= 15 is 0 Å². The van der Waals surface area contributed by atoms with Gasteiger partial charge in [0.2, 0.25) is 5.91 Å². The van der Waals surface area contributed by atoms with Crippen LogP contribution in [-0.4, -0.2) is 70.7 Å². The summed E-state index contributed by atoms with van der Waals surface area (Å²) in [6.45, 7) is 3.35. The molecule has 1 fully saturated rings. The number of aliphatic carboxylic acids is 2. The van der Waals surface area contributed by atoms with Crippen LogP contribution in [0, 0.1) is 5.92 Å². The highest BCUT2D eigenvalue weighted by Crippen LogP contribution is 2.26. The second-order valence-corrected chi connectivity index (χ2v) is 9.45. The highest BCUT2D eigenvalue weighted by Gasteiger charge is 2.34. The Bertz CT molecular complexity index is 799. The first-order valence-corrected chi connectivity index (χ1v) is 12.1. The number of nitrogens with zero attached hydrogens (tertiary/aromatic N) is 1. The van der Waals surface area contributed by atoms with Gasteiger partial charge in [0.05, 0.1) is 6.04 Å². The first kappa shape index (κ1) is 25.2. The number of hydrogen-bond donors (Lipinski definition) is 4. The molecule has 3 rings (SSSR count). The highest BCUT2D eigenvalue weighted by molar-refractivity contribution is 5.86. The fraction of sp³-hybridized carbons (Fsp3) is 0.640. The van der Waals surface area contributed by atoms with Crippen molar-refractivity contribution in [2.45, 2.75) is 76.4 Å². The fourth-order valence-corrected chi connectivity index (χ4v) is 5.14. The molecular formula is C25H37N3O5. The fourth-order valence-electron chi connectivity index (χ4n) is 5.14. The Morgan fingerprint density at radius 1 is 1.09 bits per heavy atom. The SMILES string of the molecule is C[C@H](N[C@@H](CCCCC1CCNCC1)C(=O)O)C(=O)N(CC(=O)O)C1Cc2ccccc2C1. The number of rotatable bonds is 12. The number of hydrogen-bond acceptors (Lipinski definition) is 5. The molecule has 0 aromatic heterocycles. The van der Waals surface area contributed by atoms with Crippen molar-refractivity contribution < 1.29 is 24.6 Å². The van der Waals surface area contributed by atoms with Crippen LogP contribution in [0.15, 0.2) is 24.3 Å². The molecule has 2 atom stereocenters. The predicted octanol–water partition coefficient (Wildman–Crippen LogP) is 2.06. The lowest BCUT2D eigenvalue weighted by molar-refractivity contribution is -0.148. The Morgan fingerprint density at radius 3 is 2.30 bits per heavy atom. The number of amides is 1. The van der Waals surface area contributed by atoms with E-state index in [0.717, 1.165) is 43.5 Å². The Kier molecular flexibility index (Phi) is 9.26. The Morgan fingerprint density at radius 2 is 1.73 bits per heavy atom. The van der Waals surface area contributed by atoms with Crippen molar-refractivity contribution in [2.24, 2.45) is 5.92 Å². The van der Waals surface area contributed by atoms with E-state index < -0.39 is 30.6 Å². The van der Waals surface area contributed by atoms with Gasteiger partial charge in [-0.25, -0.2) is 0 Å². The van der Waals surface area contributed by atoms with E-state index in [0.29, 0.717) is 25.2 Å². The van der Waals surface area contributed by atoms with Gasteiger partial charge in [0, 0.05) is 6.04 Å². The van der Waals surface area contributed by atoms with Crippen molar-refractivity contribution in [3.63, 3.8) is 0 Å². The molecule has 0 bridgehead atoms. The van der Waals surface area contributed by atoms with Gasteiger partial charge in [-0.05, 0) is 69.2 Å². The molecule has 4 N–H and O–H groups in total. The molecule has 0 spiro atoms. The molecule has 33 heavy (non-hydrogen) atoms. The summed E-state index contributed by atoms with van der Waals surface area (Å²) in [5.74, 6) is -1.70. The summed E-state index contributed by atoms with van der Waals surface area (Å²) < 4.78 is 0. The van der Waals surface area contributed by atoms with Gasteiger partial charge in [-0.3, -0.25) is 19.7 Å². The third-order valence-corrected chi connectivity index (χ3v) is 6.99. The average Bonchev–Trinajstić information content (AvgIpc) is 3.23. The van der Waals surface area contributed by atoms with E-state index in [2.05, 4.69) is 10.6 Å². The minimum Gasteiger partial charge on any atom is -0.480 e. The number of piperidine rings is 1. The van der Waals surface area contributed by atoms with Gasteiger partial charge in [-0.2, -0.15) is 0 Å². The first-order chi connectivity index (χ1) is 15.8. The molecule has 8 nitrogen and oxygen atoms in total. The lowest BCUT2D eigenvalue weighted by Gasteiger charge is -2.31. The average molecular weight is 460 g/mol. The van der Waals surface area contributed by atoms with Gasteiger partial charge in [0.1, 0.15) is 12.6 Å². The predicted molar refractivity (Wildman–Crippen MR) is 125 cm³/mol. The van der Waals surface area contributed by atoms with Gasteiger partial charge in [-0.15, -0.1) is 0 Å². The third kappa shape index (κ3) is 7.27. The van der Waals surface area contributed by atoms with Gasteiger partial charge < -0.3 is 20.4 Å². The Balaban J connectivity index is 1.54. The normalized spacial score (nSPS) is 18.5. The van der Waals surface area contributed by atoms with Crippen molar-refractivity contribution in [3.05, 3.63) is 35.4 Å². The minimum atomic E-state index is -1.07. The lowest BCUT2D eigenvalue weighted by atomic mass is 9.92. The number of benzene rings is 1. The van der Waals surface area contributed by atoms with Crippen LogP contribution in [0.25, 0.3) is 0 Å². The smallest absolute Gasteiger partial charge is 0.323 e. The molecule has 2 aliphatic rings. The molecule has 1 heterocycles. The molecule has 0 radical (unpaired) electrons. The van der Waals surface area contributed by atoms with Crippen LogP contribution in [0.3, 0.4) is 0 Å². The van der Waals surface area contributed by atoms with E-state index in [-0.39, 0.29) is 11.9 Å². The molecule has 1 aromatic rings. The number of carbonyl (C=O) groups excluding carboxylic acids is 1. The van der Waals surface area contributed by atoms with Crippen LogP contribution in [0.5, 0.6) is 0 Å². The summed E-state index contributed by atoms with van der Waals surface area (Å²) in [6.07, 6.45) is 6.90. The van der Waals surface area contributed by atoms with Crippen molar-refractivity contribution in [1.82, 2.24) is 15.5 Å². The summed E-state index contributed by atoms with van der Waals surface area (Å²) in [5, 5.41) is 25.4. The zero-order chi connectivity index (χ0) is 23.8. The minimum absolute atomic E-state index is 0.233. The van der Waals surface area contributed by atoms with E-state index in [1.165, 1.54) is 17.7 Å². The molecule has 1 saturated heterocycles. The van der Waals surface area contributed by atoms with Crippen LogP contribution in [0.1, 0.15) is 56.6 Å². The zero-order valence-corrected chi connectivity index (χ0v) is 19.5. The number of carboxylic acid groups (broad SMARTS) is 2. The van der Waals surface area contributed by atoms with Crippen LogP contribution >= 0.6 is 0 Å². The standard InChI is InChI=1S/C25H37N3O5/c1-17(27-22(25(32)33)9-5-2-6-18-10-12-26-13-11-18)24(31)28(16-23(29)30)21-14-19-7-3-4-8-20(19)15-21/h3-4,7-8,17-18,21-22,26-27H,2,5-6,9-16H2,1H3,(H,29,30)(H,32,33)/t17-,22-/m0/s1. The van der Waals surface area contributed by atoms with E-state index in [1.54, 1.807) is 6.92 Å². The lowest BCUT2D eigenvalue weighted by Crippen LogP contribution is -2.54. The second-order valence-electron chi connectivity index (χ2n) is 9.45. The topological polar surface area (TPSA) is 119 Å². The van der Waals surface area contributed by atoms with Crippen molar-refractivity contribution >= 4 is 17.8 Å². The molecule has 1 amide bonds. The summed E-state index contributed by atoms with van der Waals surface area (Å²) in [7, 11) is 0. The summed E-state index contributed by atoms with van der Waals surface area (Å²) in [6, 6.07) is 6.05. The van der Waals surface area contributed by atoms with Gasteiger partial charge >= 0.3 is 11.9 Å². The number of nitrogens with one attached hydrogen (secondary N) is 2. The van der Waals surface area contributed by atoms with Crippen molar-refractivity contribution in [1.29, 1.82) is 0 Å². The number of unbranched alkanes of at least 4 members (excludes halogenated alkanes) is 1. The molecule has 1 aliphatic heterocycles. The highest BCUT2D eigenvalue weighted by atomic mass is 16.4. The van der Waals surface area contributed by atoms with Gasteiger partial charge in [0.25, 0.3) is 0 Å². The molecule has 1 aliphatic carbocycles. The molecule has 0 unspecified atom stereocenters. The van der Waals surface area contributed by atoms with E-state index in [1.807, 2.05) is 24.3 Å². The van der Waals surface area contributed by atoms with Crippen molar-refractivity contribution in [3.8, 4) is 0 Å². The summed E-state index contributed by atoms with van der Waals surface area (Å²) >= 11 is 0. The molecule has 182 valence electrons. The first-order valence-electron chi connectivity index (χ1n) is 12.1. The van der Waals surface area contributed by atoms with Crippen LogP contribution in [0.4, 0.5) is 0 Å². The zero-order valence-electron chi connectivity index (χ0n) is 19.5. The number of carbonyl (C=O) groups is 3. The van der Waals surface area contributed by atoms with Crippen LogP contribution in [0.2, 0.25) is 0 Å². The summed E-state index contributed by atoms with van der Waals surface area (Å²) in [4.78, 5) is 37.9. The summed E-state index contributed by atoms with van der Waals surface area (Å²) in [5.41, 5.74) is 2.26. The molecule has 1 aromatic carbocycles. The molecular weight excluding hydrogens is 422 g/mol. The van der Waals surface area contributed by atoms with Crippen LogP contribution in [-0.2, 0) is 27.2 Å². The molecule has 8 heteroatoms. The van der Waals surface area contributed by atoms with Gasteiger partial charge in [-0.1, -0.05) is 43.5 Å². The van der Waals surface area contributed by atoms with Crippen molar-refractivity contribution in [2.75, 3.05) is 19.6 Å². The number of carboxylic acids is 2. The largest absolute Gasteiger partial charge is 0.480 e. The third-order valence-electron chi connectivity index (χ3n) is 6.99. The molecule has 0 saturated carbocycles. The monoisotopic (exact) mass is 459 g/mol. The quantitative estimate of drug-likeness (QED) is 0.353. The Labute approximate surface area is 195 Å². The number of fused-ring (bicyclic) bond motifs is 1. The maximum atomic E-state index is 13.2. The van der Waals surface area contributed by atoms with E-state index in [4.69, 9.17) is 0 Å². The Hall–Kier alpha value is -2.45. The maximum absolute atomic E-state index is 13.2. The van der Waals surface area contributed by atoms with Crippen LogP contribution < -0.4 is 10.6 Å².